The van der Waals surface area contributed by atoms with Crippen LogP contribution in [-0.4, -0.2) is 60.9 Å². The van der Waals surface area contributed by atoms with Crippen molar-refractivity contribution in [2.75, 3.05) is 33.3 Å². The number of thioether (sulfide) groups is 1. The summed E-state index contributed by atoms with van der Waals surface area (Å²) in [6.07, 6.45) is 1.49. The zero-order chi connectivity index (χ0) is 22.2. The first-order chi connectivity index (χ1) is 15.0. The Hall–Kier alpha value is -2.32. The second kappa shape index (κ2) is 11.3. The lowest BCUT2D eigenvalue weighted by Gasteiger charge is -2.32. The van der Waals surface area contributed by atoms with Crippen molar-refractivity contribution in [3.63, 3.8) is 0 Å². The predicted octanol–water partition coefficient (Wildman–Crippen LogP) is 3.91. The highest BCUT2D eigenvalue weighted by Gasteiger charge is 2.30. The molecule has 2 aromatic rings. The summed E-state index contributed by atoms with van der Waals surface area (Å²) in [5, 5.41) is 2.04. The number of hydrogen-bond donors (Lipinski definition) is 0. The number of piperidine rings is 1. The summed E-state index contributed by atoms with van der Waals surface area (Å²) in [7, 11) is 1.65. The van der Waals surface area contributed by atoms with E-state index < -0.39 is 0 Å². The van der Waals surface area contributed by atoms with Crippen LogP contribution in [0.5, 0.6) is 0 Å². The lowest BCUT2D eigenvalue weighted by atomic mass is 9.98. The van der Waals surface area contributed by atoms with Crippen LogP contribution in [0.25, 0.3) is 0 Å². The van der Waals surface area contributed by atoms with E-state index in [2.05, 4.69) is 6.07 Å². The standard InChI is InChI=1S/C23H28N2O4S2/c1-3-29-23(28)17-8-6-12-25(14-17)21(26)15-24(2)22(27)19-10-4-5-11-20(19)31-16-18-9-7-13-30-18/h4-5,7,9-11,13,17H,3,6,8,12,14-16H2,1-2H3. The summed E-state index contributed by atoms with van der Waals surface area (Å²) in [4.78, 5) is 43.2. The molecule has 0 aliphatic carbocycles. The molecular weight excluding hydrogens is 432 g/mol. The van der Waals surface area contributed by atoms with Gasteiger partial charge in [0.05, 0.1) is 24.6 Å². The maximum atomic E-state index is 13.1. The molecule has 1 aromatic heterocycles. The summed E-state index contributed by atoms with van der Waals surface area (Å²) in [6, 6.07) is 11.6. The summed E-state index contributed by atoms with van der Waals surface area (Å²) < 4.78 is 5.11. The van der Waals surface area contributed by atoms with E-state index in [9.17, 15) is 14.4 Å². The fourth-order valence-electron chi connectivity index (χ4n) is 3.55. The molecular formula is C23H28N2O4S2. The first kappa shape index (κ1) is 23.3. The zero-order valence-electron chi connectivity index (χ0n) is 17.9. The van der Waals surface area contributed by atoms with Crippen LogP contribution in [0.3, 0.4) is 0 Å². The number of carbonyl (C=O) groups excluding carboxylic acids is 3. The Morgan fingerprint density at radius 3 is 2.77 bits per heavy atom. The highest BCUT2D eigenvalue weighted by atomic mass is 32.2. The normalized spacial score (nSPS) is 16.1. The molecule has 1 aliphatic heterocycles. The largest absolute Gasteiger partial charge is 0.466 e. The van der Waals surface area contributed by atoms with E-state index >= 15 is 0 Å². The van der Waals surface area contributed by atoms with E-state index in [4.69, 9.17) is 4.74 Å². The molecule has 2 heterocycles. The van der Waals surface area contributed by atoms with Crippen molar-refractivity contribution in [2.24, 2.45) is 5.92 Å². The first-order valence-electron chi connectivity index (χ1n) is 10.4. The van der Waals surface area contributed by atoms with Crippen LogP contribution in [0, 0.1) is 5.92 Å². The lowest BCUT2D eigenvalue weighted by molar-refractivity contribution is -0.151. The fraction of sp³-hybridized carbons (Fsp3) is 0.435. The fourth-order valence-corrected chi connectivity index (χ4v) is 5.37. The minimum absolute atomic E-state index is 0.0156. The highest BCUT2D eigenvalue weighted by molar-refractivity contribution is 7.98. The van der Waals surface area contributed by atoms with Crippen LogP contribution in [-0.2, 0) is 20.1 Å². The SMILES string of the molecule is CCOC(=O)C1CCCN(C(=O)CN(C)C(=O)c2ccccc2SCc2cccs2)C1. The van der Waals surface area contributed by atoms with Gasteiger partial charge in [0.1, 0.15) is 0 Å². The number of thiophene rings is 1. The van der Waals surface area contributed by atoms with Crippen LogP contribution in [0.4, 0.5) is 0 Å². The Kier molecular flexibility index (Phi) is 8.54. The van der Waals surface area contributed by atoms with E-state index in [1.54, 1.807) is 48.0 Å². The molecule has 3 rings (SSSR count). The third-order valence-electron chi connectivity index (χ3n) is 5.18. The molecule has 1 unspecified atom stereocenters. The van der Waals surface area contributed by atoms with Gasteiger partial charge >= 0.3 is 5.97 Å². The molecule has 1 saturated heterocycles. The number of likely N-dealkylation sites (tertiary alicyclic amines) is 1. The maximum Gasteiger partial charge on any atom is 0.310 e. The zero-order valence-corrected chi connectivity index (χ0v) is 19.5. The lowest BCUT2D eigenvalue weighted by Crippen LogP contribution is -2.47. The highest BCUT2D eigenvalue weighted by Crippen LogP contribution is 2.28. The van der Waals surface area contributed by atoms with Gasteiger partial charge in [0.15, 0.2) is 0 Å². The second-order valence-corrected chi connectivity index (χ2v) is 9.51. The van der Waals surface area contributed by atoms with Crippen LogP contribution in [0.2, 0.25) is 0 Å². The molecule has 8 heteroatoms. The van der Waals surface area contributed by atoms with Gasteiger partial charge in [-0.2, -0.15) is 0 Å². The van der Waals surface area contributed by atoms with Crippen molar-refractivity contribution in [1.29, 1.82) is 0 Å². The van der Waals surface area contributed by atoms with E-state index in [-0.39, 0.29) is 30.2 Å². The monoisotopic (exact) mass is 460 g/mol. The van der Waals surface area contributed by atoms with Crippen molar-refractivity contribution >= 4 is 40.9 Å². The van der Waals surface area contributed by atoms with Crippen molar-refractivity contribution in [3.8, 4) is 0 Å². The predicted molar refractivity (Wildman–Crippen MR) is 123 cm³/mol. The quantitative estimate of drug-likeness (QED) is 0.441. The molecule has 0 N–H and O–H groups in total. The Labute approximate surface area is 191 Å². The van der Waals surface area contributed by atoms with Gasteiger partial charge in [-0.25, -0.2) is 0 Å². The van der Waals surface area contributed by atoms with E-state index in [1.165, 1.54) is 9.78 Å². The smallest absolute Gasteiger partial charge is 0.310 e. The van der Waals surface area contributed by atoms with Gasteiger partial charge in [0, 0.05) is 35.7 Å². The molecule has 2 amide bonds. The molecule has 0 saturated carbocycles. The number of amides is 2. The van der Waals surface area contributed by atoms with Crippen LogP contribution < -0.4 is 0 Å². The van der Waals surface area contributed by atoms with Gasteiger partial charge in [-0.1, -0.05) is 18.2 Å². The third kappa shape index (κ3) is 6.33. The van der Waals surface area contributed by atoms with Gasteiger partial charge in [0.2, 0.25) is 5.91 Å². The van der Waals surface area contributed by atoms with Crippen molar-refractivity contribution in [3.05, 3.63) is 52.2 Å². The summed E-state index contributed by atoms with van der Waals surface area (Å²) in [6.45, 7) is 3.06. The minimum atomic E-state index is -0.284. The van der Waals surface area contributed by atoms with Crippen molar-refractivity contribution in [1.82, 2.24) is 9.80 Å². The molecule has 6 nitrogen and oxygen atoms in total. The van der Waals surface area contributed by atoms with Crippen LogP contribution in [0.1, 0.15) is 35.0 Å². The van der Waals surface area contributed by atoms with Crippen molar-refractivity contribution in [2.45, 2.75) is 30.4 Å². The van der Waals surface area contributed by atoms with Crippen LogP contribution in [0.15, 0.2) is 46.7 Å². The van der Waals surface area contributed by atoms with Crippen molar-refractivity contribution < 1.29 is 19.1 Å². The van der Waals surface area contributed by atoms with E-state index in [0.717, 1.165) is 23.5 Å². The summed E-state index contributed by atoms with van der Waals surface area (Å²) >= 11 is 3.31. The Bertz CT molecular complexity index is 901. The molecule has 0 spiro atoms. The Morgan fingerprint density at radius 2 is 2.03 bits per heavy atom. The van der Waals surface area contributed by atoms with Gasteiger partial charge in [-0.3, -0.25) is 14.4 Å². The van der Waals surface area contributed by atoms with Gasteiger partial charge < -0.3 is 14.5 Å². The topological polar surface area (TPSA) is 66.9 Å². The molecule has 0 radical (unpaired) electrons. The maximum absolute atomic E-state index is 13.1. The first-order valence-corrected chi connectivity index (χ1v) is 12.3. The number of ether oxygens (including phenoxy) is 1. The van der Waals surface area contributed by atoms with Gasteiger partial charge in [-0.05, 0) is 43.3 Å². The minimum Gasteiger partial charge on any atom is -0.466 e. The average molecular weight is 461 g/mol. The van der Waals surface area contributed by atoms with Gasteiger partial charge in [0.25, 0.3) is 5.91 Å². The molecule has 1 atom stereocenters. The number of nitrogens with zero attached hydrogens (tertiary/aromatic N) is 2. The third-order valence-corrected chi connectivity index (χ3v) is 7.36. The summed E-state index contributed by atoms with van der Waals surface area (Å²) in [5.74, 6) is -0.0579. The number of esters is 1. The number of benzene rings is 1. The Morgan fingerprint density at radius 1 is 1.23 bits per heavy atom. The number of likely N-dealkylation sites (N-methyl/N-ethyl adjacent to an activating group) is 1. The average Bonchev–Trinajstić information content (AvgIpc) is 3.31. The number of hydrogen-bond acceptors (Lipinski definition) is 6. The number of rotatable bonds is 8. The second-order valence-electron chi connectivity index (χ2n) is 7.46. The number of carbonyl (C=O) groups is 3. The Balaban J connectivity index is 1.60. The molecule has 0 bridgehead atoms. The van der Waals surface area contributed by atoms with Gasteiger partial charge in [-0.15, -0.1) is 23.1 Å². The molecule has 1 fully saturated rings. The van der Waals surface area contributed by atoms with E-state index in [0.29, 0.717) is 25.3 Å². The summed E-state index contributed by atoms with van der Waals surface area (Å²) in [5.41, 5.74) is 0.599. The molecule has 166 valence electrons. The molecule has 1 aliphatic rings. The molecule has 1 aromatic carbocycles. The van der Waals surface area contributed by atoms with Crippen LogP contribution >= 0.6 is 23.1 Å². The molecule has 31 heavy (non-hydrogen) atoms. The van der Waals surface area contributed by atoms with E-state index in [1.807, 2.05) is 29.6 Å².